The van der Waals surface area contributed by atoms with Crippen molar-refractivity contribution in [2.45, 2.75) is 44.7 Å². The largest absolute Gasteiger partial charge is 0.338 e. The topological polar surface area (TPSA) is 51.0 Å². The van der Waals surface area contributed by atoms with E-state index in [1.54, 1.807) is 12.4 Å². The number of pyridine rings is 1. The van der Waals surface area contributed by atoms with Crippen molar-refractivity contribution in [3.63, 3.8) is 0 Å². The highest BCUT2D eigenvalue weighted by Crippen LogP contribution is 2.26. The highest BCUT2D eigenvalue weighted by molar-refractivity contribution is 5.90. The highest BCUT2D eigenvalue weighted by Gasteiger charge is 2.26. The van der Waals surface area contributed by atoms with Gasteiger partial charge in [0.1, 0.15) is 0 Å². The molecule has 2 heterocycles. The van der Waals surface area contributed by atoms with Crippen LogP contribution in [0.25, 0.3) is 22.0 Å². The summed E-state index contributed by atoms with van der Waals surface area (Å²) >= 11 is 0. The van der Waals surface area contributed by atoms with Gasteiger partial charge in [0.05, 0.1) is 18.7 Å². The van der Waals surface area contributed by atoms with Crippen molar-refractivity contribution in [3.05, 3.63) is 84.8 Å². The summed E-state index contributed by atoms with van der Waals surface area (Å²) in [7, 11) is 0. The first-order valence-corrected chi connectivity index (χ1v) is 11.5. The zero-order chi connectivity index (χ0) is 21.8. The minimum absolute atomic E-state index is 0.217. The molecular weight excluding hydrogens is 396 g/mol. The maximum atomic E-state index is 13.5. The summed E-state index contributed by atoms with van der Waals surface area (Å²) in [6, 6.07) is 20.8. The molecule has 2 aromatic heterocycles. The monoisotopic (exact) mass is 424 g/mol. The molecule has 1 saturated carbocycles. The summed E-state index contributed by atoms with van der Waals surface area (Å²) in [6.45, 7) is 1.38. The van der Waals surface area contributed by atoms with E-state index in [0.29, 0.717) is 25.6 Å². The van der Waals surface area contributed by atoms with E-state index >= 15 is 0 Å². The van der Waals surface area contributed by atoms with Crippen LogP contribution in [0.3, 0.4) is 0 Å². The van der Waals surface area contributed by atoms with Crippen LogP contribution < -0.4 is 0 Å². The van der Waals surface area contributed by atoms with E-state index in [1.165, 1.54) is 23.6 Å². The Bertz CT molecular complexity index is 1190. The fourth-order valence-electron chi connectivity index (χ4n) is 4.81. The van der Waals surface area contributed by atoms with Crippen molar-refractivity contribution < 1.29 is 4.79 Å². The van der Waals surface area contributed by atoms with Gasteiger partial charge in [0.15, 0.2) is 0 Å². The molecule has 0 bridgehead atoms. The second-order valence-electron chi connectivity index (χ2n) is 8.54. The normalized spacial score (nSPS) is 14.1. The molecule has 162 valence electrons. The Morgan fingerprint density at radius 3 is 2.59 bits per heavy atom. The number of benzene rings is 2. The molecule has 32 heavy (non-hydrogen) atoms. The van der Waals surface area contributed by atoms with E-state index in [2.05, 4.69) is 40.2 Å². The number of nitrogens with zero attached hydrogens (tertiary/aromatic N) is 4. The van der Waals surface area contributed by atoms with Gasteiger partial charge in [-0.1, -0.05) is 55.3 Å². The molecule has 1 amide bonds. The number of carbonyl (C=O) groups is 1. The van der Waals surface area contributed by atoms with Gasteiger partial charge >= 0.3 is 0 Å². The number of rotatable bonds is 7. The summed E-state index contributed by atoms with van der Waals surface area (Å²) in [6.07, 6.45) is 10.6. The van der Waals surface area contributed by atoms with Crippen LogP contribution in [0, 0.1) is 0 Å². The first kappa shape index (κ1) is 20.4. The van der Waals surface area contributed by atoms with E-state index in [-0.39, 0.29) is 5.91 Å². The number of hydrogen-bond donors (Lipinski definition) is 0. The van der Waals surface area contributed by atoms with Crippen molar-refractivity contribution in [1.82, 2.24) is 19.7 Å². The van der Waals surface area contributed by atoms with Gasteiger partial charge < -0.3 is 4.90 Å². The molecule has 4 aromatic rings. The Morgan fingerprint density at radius 2 is 1.75 bits per heavy atom. The molecule has 5 rings (SSSR count). The summed E-state index contributed by atoms with van der Waals surface area (Å²) in [5, 5.41) is 7.07. The van der Waals surface area contributed by atoms with Crippen LogP contribution in [0.15, 0.2) is 79.3 Å². The van der Waals surface area contributed by atoms with Crippen molar-refractivity contribution in [1.29, 1.82) is 0 Å². The summed E-state index contributed by atoms with van der Waals surface area (Å²) < 4.78 is 1.95. The number of amides is 1. The Hall–Kier alpha value is -3.47. The van der Waals surface area contributed by atoms with Gasteiger partial charge in [-0.2, -0.15) is 5.10 Å². The van der Waals surface area contributed by atoms with Crippen LogP contribution >= 0.6 is 0 Å². The molecule has 0 saturated heterocycles. The molecule has 5 heteroatoms. The van der Waals surface area contributed by atoms with Crippen molar-refractivity contribution >= 4 is 16.7 Å². The lowest BCUT2D eigenvalue weighted by atomic mass is 10.0. The van der Waals surface area contributed by atoms with Gasteiger partial charge in [0.2, 0.25) is 5.91 Å². The predicted octanol–water partition coefficient (Wildman–Crippen LogP) is 5.11. The first-order valence-electron chi connectivity index (χ1n) is 11.5. The molecule has 0 aliphatic heterocycles. The lowest BCUT2D eigenvalue weighted by Gasteiger charge is -2.29. The Labute approximate surface area is 188 Å². The molecule has 0 N–H and O–H groups in total. The van der Waals surface area contributed by atoms with Crippen molar-refractivity contribution in [2.75, 3.05) is 6.54 Å². The fraction of sp³-hybridized carbons (Fsp3) is 0.296. The van der Waals surface area contributed by atoms with Crippen LogP contribution in [-0.2, 0) is 17.8 Å². The lowest BCUT2D eigenvalue weighted by molar-refractivity contribution is -0.132. The maximum Gasteiger partial charge on any atom is 0.227 e. The highest BCUT2D eigenvalue weighted by atomic mass is 16.2. The molecule has 0 unspecified atom stereocenters. The van der Waals surface area contributed by atoms with E-state index in [1.807, 2.05) is 41.2 Å². The zero-order valence-electron chi connectivity index (χ0n) is 18.2. The predicted molar refractivity (Wildman–Crippen MR) is 127 cm³/mol. The Balaban J connectivity index is 1.32. The standard InChI is InChI=1S/C27H28N4O/c32-27(20-23-8-5-7-21-6-1-4-11-25(21)23)31(24-9-2-3-10-24)19-18-30-17-14-26(29-30)22-12-15-28-16-13-22/h1,4-8,11-17,24H,2-3,9-10,18-20H2. The quantitative estimate of drug-likeness (QED) is 0.414. The number of aromatic nitrogens is 3. The Morgan fingerprint density at radius 1 is 0.969 bits per heavy atom. The minimum atomic E-state index is 0.217. The van der Waals surface area contributed by atoms with Gasteiger partial charge in [0.25, 0.3) is 0 Å². The molecular formula is C27H28N4O. The Kier molecular flexibility index (Phi) is 5.97. The molecule has 1 fully saturated rings. The van der Waals surface area contributed by atoms with E-state index in [0.717, 1.165) is 29.7 Å². The van der Waals surface area contributed by atoms with E-state index in [9.17, 15) is 4.79 Å². The van der Waals surface area contributed by atoms with Crippen LogP contribution in [0.5, 0.6) is 0 Å². The third kappa shape index (κ3) is 4.42. The molecule has 0 radical (unpaired) electrons. The van der Waals surface area contributed by atoms with Crippen LogP contribution in [-0.4, -0.2) is 38.2 Å². The van der Waals surface area contributed by atoms with E-state index < -0.39 is 0 Å². The molecule has 0 spiro atoms. The smallest absolute Gasteiger partial charge is 0.227 e. The second-order valence-corrected chi connectivity index (χ2v) is 8.54. The van der Waals surface area contributed by atoms with Crippen LogP contribution in [0.4, 0.5) is 0 Å². The molecule has 1 aliphatic carbocycles. The SMILES string of the molecule is O=C(Cc1cccc2ccccc12)N(CCn1ccc(-c2ccncc2)n1)C1CCCC1. The lowest BCUT2D eigenvalue weighted by Crippen LogP contribution is -2.41. The maximum absolute atomic E-state index is 13.5. The molecule has 0 atom stereocenters. The first-order chi connectivity index (χ1) is 15.8. The van der Waals surface area contributed by atoms with Crippen molar-refractivity contribution in [2.24, 2.45) is 0 Å². The van der Waals surface area contributed by atoms with Gasteiger partial charge in [-0.15, -0.1) is 0 Å². The van der Waals surface area contributed by atoms with Crippen LogP contribution in [0.2, 0.25) is 0 Å². The average Bonchev–Trinajstić information content (AvgIpc) is 3.53. The third-order valence-corrected chi connectivity index (χ3v) is 6.49. The van der Waals surface area contributed by atoms with Crippen molar-refractivity contribution in [3.8, 4) is 11.3 Å². The van der Waals surface area contributed by atoms with Gasteiger partial charge in [-0.3, -0.25) is 14.5 Å². The summed E-state index contributed by atoms with van der Waals surface area (Å²) in [4.78, 5) is 19.7. The minimum Gasteiger partial charge on any atom is -0.338 e. The number of fused-ring (bicyclic) bond motifs is 1. The zero-order valence-corrected chi connectivity index (χ0v) is 18.2. The summed E-state index contributed by atoms with van der Waals surface area (Å²) in [5.74, 6) is 0.217. The van der Waals surface area contributed by atoms with Gasteiger partial charge in [0, 0.05) is 36.7 Å². The molecule has 5 nitrogen and oxygen atoms in total. The molecule has 2 aromatic carbocycles. The summed E-state index contributed by atoms with van der Waals surface area (Å²) in [5.41, 5.74) is 3.09. The number of hydrogen-bond acceptors (Lipinski definition) is 3. The van der Waals surface area contributed by atoms with Gasteiger partial charge in [-0.25, -0.2) is 0 Å². The number of carbonyl (C=O) groups excluding carboxylic acids is 1. The third-order valence-electron chi connectivity index (χ3n) is 6.49. The van der Waals surface area contributed by atoms with Crippen LogP contribution in [0.1, 0.15) is 31.2 Å². The second kappa shape index (κ2) is 9.35. The van der Waals surface area contributed by atoms with E-state index in [4.69, 9.17) is 5.10 Å². The van der Waals surface area contributed by atoms with Gasteiger partial charge in [-0.05, 0) is 47.4 Å². The average molecular weight is 425 g/mol. The fourth-order valence-corrected chi connectivity index (χ4v) is 4.81. The molecule has 1 aliphatic rings.